The van der Waals surface area contributed by atoms with Crippen LogP contribution in [0.1, 0.15) is 41.5 Å². The van der Waals surface area contributed by atoms with Crippen LogP contribution in [0.4, 0.5) is 4.79 Å². The van der Waals surface area contributed by atoms with Gasteiger partial charge in [-0.2, -0.15) is 0 Å². The van der Waals surface area contributed by atoms with Crippen LogP contribution in [0, 0.1) is 0 Å². The Kier molecular flexibility index (Phi) is 6.04. The largest absolute Gasteiger partial charge is 0.459 e. The molecule has 1 aliphatic heterocycles. The number of aliphatic hydroxyl groups is 1. The highest BCUT2D eigenvalue weighted by Gasteiger charge is 2.38. The number of nitrogens with zero attached hydrogens (tertiary/aromatic N) is 2. The first-order chi connectivity index (χ1) is 10.3. The number of carbonyl (C=O) groups is 2. The molecule has 0 aromatic carbocycles. The first kappa shape index (κ1) is 19.7. The minimum atomic E-state index is -0.727. The van der Waals surface area contributed by atoms with Gasteiger partial charge in [0.05, 0.1) is 25.2 Å². The third-order valence-electron chi connectivity index (χ3n) is 3.28. The maximum absolute atomic E-state index is 12.1. The van der Waals surface area contributed by atoms with Gasteiger partial charge in [-0.1, -0.05) is 0 Å². The van der Waals surface area contributed by atoms with Crippen molar-refractivity contribution in [1.82, 2.24) is 9.80 Å². The van der Waals surface area contributed by atoms with E-state index in [0.717, 1.165) is 0 Å². The number of β-amino-alcohol motifs (C(OH)–C–C–N with tert-alkyl or cyclic N) is 1. The number of likely N-dealkylation sites (tertiary alicyclic amines) is 1. The van der Waals surface area contributed by atoms with Gasteiger partial charge >= 0.3 is 12.1 Å². The number of aliphatic hydroxyl groups excluding tert-OH is 1. The molecule has 1 saturated heterocycles. The molecule has 1 N–H and O–H groups in total. The van der Waals surface area contributed by atoms with E-state index in [4.69, 9.17) is 9.47 Å². The van der Waals surface area contributed by atoms with E-state index >= 15 is 0 Å². The van der Waals surface area contributed by atoms with Gasteiger partial charge < -0.3 is 19.5 Å². The van der Waals surface area contributed by atoms with E-state index in [-0.39, 0.29) is 25.1 Å². The van der Waals surface area contributed by atoms with Crippen molar-refractivity contribution in [3.63, 3.8) is 0 Å². The van der Waals surface area contributed by atoms with Crippen molar-refractivity contribution in [2.24, 2.45) is 0 Å². The molecule has 0 unspecified atom stereocenters. The Labute approximate surface area is 138 Å². The second-order valence-electron chi connectivity index (χ2n) is 8.02. The average Bonchev–Trinajstić information content (AvgIpc) is 2.66. The first-order valence-corrected chi connectivity index (χ1v) is 7.86. The van der Waals surface area contributed by atoms with Crippen LogP contribution in [0.3, 0.4) is 0 Å². The highest BCUT2D eigenvalue weighted by molar-refractivity contribution is 5.72. The summed E-state index contributed by atoms with van der Waals surface area (Å²) in [7, 11) is 1.73. The lowest BCUT2D eigenvalue weighted by molar-refractivity contribution is -0.156. The molecule has 0 spiro atoms. The topological polar surface area (TPSA) is 79.3 Å². The summed E-state index contributed by atoms with van der Waals surface area (Å²) in [5.74, 6) is -0.358. The van der Waals surface area contributed by atoms with Gasteiger partial charge in [0, 0.05) is 6.54 Å². The van der Waals surface area contributed by atoms with Crippen LogP contribution in [-0.2, 0) is 14.3 Å². The predicted molar refractivity (Wildman–Crippen MR) is 86.1 cm³/mol. The zero-order valence-electron chi connectivity index (χ0n) is 15.3. The molecule has 0 aromatic rings. The fourth-order valence-electron chi connectivity index (χ4n) is 2.37. The number of carbonyl (C=O) groups excluding carboxylic acids is 2. The maximum atomic E-state index is 12.1. The number of ether oxygens (including phenoxy) is 2. The third kappa shape index (κ3) is 6.74. The van der Waals surface area contributed by atoms with Gasteiger partial charge in [-0.25, -0.2) is 4.79 Å². The van der Waals surface area contributed by atoms with Crippen LogP contribution < -0.4 is 0 Å². The van der Waals surface area contributed by atoms with Crippen LogP contribution in [-0.4, -0.2) is 77.0 Å². The monoisotopic (exact) mass is 330 g/mol. The summed E-state index contributed by atoms with van der Waals surface area (Å²) < 4.78 is 10.6. The highest BCUT2D eigenvalue weighted by atomic mass is 16.6. The van der Waals surface area contributed by atoms with Gasteiger partial charge in [0.1, 0.15) is 11.2 Å². The second kappa shape index (κ2) is 7.05. The molecule has 0 bridgehead atoms. The molecule has 7 nitrogen and oxygen atoms in total. The SMILES string of the molecule is CN(CC(=O)OC(C)(C)C)[C@@H]1CN(C(=O)OC(C)(C)C)C[C@H]1O. The number of hydrogen-bond donors (Lipinski definition) is 1. The van der Waals surface area contributed by atoms with E-state index in [1.54, 1.807) is 53.5 Å². The van der Waals surface area contributed by atoms with Crippen molar-refractivity contribution in [3.05, 3.63) is 0 Å². The lowest BCUT2D eigenvalue weighted by atomic mass is 10.2. The van der Waals surface area contributed by atoms with Gasteiger partial charge in [-0.05, 0) is 48.6 Å². The molecule has 1 aliphatic rings. The van der Waals surface area contributed by atoms with E-state index in [2.05, 4.69) is 0 Å². The number of hydrogen-bond acceptors (Lipinski definition) is 6. The van der Waals surface area contributed by atoms with Gasteiger partial charge in [-0.3, -0.25) is 9.69 Å². The molecule has 1 fully saturated rings. The summed E-state index contributed by atoms with van der Waals surface area (Å²) in [6.07, 6.45) is -1.18. The van der Waals surface area contributed by atoms with Crippen LogP contribution in [0.2, 0.25) is 0 Å². The molecule has 0 saturated carbocycles. The normalized spacial score (nSPS) is 22.4. The lowest BCUT2D eigenvalue weighted by Crippen LogP contribution is -2.45. The molecule has 2 atom stereocenters. The van der Waals surface area contributed by atoms with Gasteiger partial charge in [0.2, 0.25) is 0 Å². The average molecular weight is 330 g/mol. The summed E-state index contributed by atoms with van der Waals surface area (Å²) in [5.41, 5.74) is -1.13. The molecule has 1 rings (SSSR count). The van der Waals surface area contributed by atoms with Gasteiger partial charge in [0.15, 0.2) is 0 Å². The molecule has 0 aliphatic carbocycles. The Bertz CT molecular complexity index is 439. The number of amides is 1. The highest BCUT2D eigenvalue weighted by Crippen LogP contribution is 2.19. The molecule has 1 heterocycles. The molecule has 23 heavy (non-hydrogen) atoms. The summed E-state index contributed by atoms with van der Waals surface area (Å²) in [4.78, 5) is 27.1. The Morgan fingerprint density at radius 3 is 2.09 bits per heavy atom. The Hall–Kier alpha value is -1.34. The third-order valence-corrected chi connectivity index (χ3v) is 3.28. The molecular formula is C16H30N2O5. The molecule has 0 aromatic heterocycles. The molecule has 134 valence electrons. The number of esters is 1. The van der Waals surface area contributed by atoms with E-state index in [0.29, 0.717) is 6.54 Å². The van der Waals surface area contributed by atoms with Crippen molar-refractivity contribution >= 4 is 12.1 Å². The van der Waals surface area contributed by atoms with Crippen molar-refractivity contribution in [2.45, 2.75) is 64.9 Å². The van der Waals surface area contributed by atoms with Crippen molar-refractivity contribution < 1.29 is 24.2 Å². The minimum absolute atomic E-state index is 0.0567. The summed E-state index contributed by atoms with van der Waals surface area (Å²) >= 11 is 0. The standard InChI is InChI=1S/C16H30N2O5/c1-15(2,3)22-13(20)10-17(7)11-8-18(9-12(11)19)14(21)23-16(4,5)6/h11-12,19H,8-10H2,1-7H3/t11-,12-/m1/s1. The summed E-state index contributed by atoms with van der Waals surface area (Å²) in [5, 5.41) is 10.2. The number of rotatable bonds is 3. The van der Waals surface area contributed by atoms with Crippen LogP contribution in [0.15, 0.2) is 0 Å². The summed E-state index contributed by atoms with van der Waals surface area (Å²) in [6.45, 7) is 11.4. The van der Waals surface area contributed by atoms with E-state index in [9.17, 15) is 14.7 Å². The predicted octanol–water partition coefficient (Wildman–Crippen LogP) is 1.24. The second-order valence-corrected chi connectivity index (χ2v) is 8.02. The van der Waals surface area contributed by atoms with Crippen LogP contribution >= 0.6 is 0 Å². The number of likely N-dealkylation sites (N-methyl/N-ethyl adjacent to an activating group) is 1. The van der Waals surface area contributed by atoms with Crippen LogP contribution in [0.5, 0.6) is 0 Å². The van der Waals surface area contributed by atoms with Crippen molar-refractivity contribution in [3.8, 4) is 0 Å². The Balaban J connectivity index is 2.58. The Morgan fingerprint density at radius 2 is 1.61 bits per heavy atom. The zero-order chi connectivity index (χ0) is 18.0. The quantitative estimate of drug-likeness (QED) is 0.784. The van der Waals surface area contributed by atoms with Crippen molar-refractivity contribution in [2.75, 3.05) is 26.7 Å². The van der Waals surface area contributed by atoms with Gasteiger partial charge in [-0.15, -0.1) is 0 Å². The fourth-order valence-corrected chi connectivity index (χ4v) is 2.37. The molecule has 7 heteroatoms. The minimum Gasteiger partial charge on any atom is -0.459 e. The smallest absolute Gasteiger partial charge is 0.410 e. The maximum Gasteiger partial charge on any atom is 0.410 e. The molecular weight excluding hydrogens is 300 g/mol. The molecule has 1 amide bonds. The van der Waals surface area contributed by atoms with Crippen LogP contribution in [0.25, 0.3) is 0 Å². The Morgan fingerprint density at radius 1 is 1.09 bits per heavy atom. The lowest BCUT2D eigenvalue weighted by Gasteiger charge is -2.28. The zero-order valence-corrected chi connectivity index (χ0v) is 15.3. The van der Waals surface area contributed by atoms with Gasteiger partial charge in [0.25, 0.3) is 0 Å². The van der Waals surface area contributed by atoms with E-state index in [1.807, 2.05) is 0 Å². The molecule has 0 radical (unpaired) electrons. The van der Waals surface area contributed by atoms with E-state index < -0.39 is 23.4 Å². The fraction of sp³-hybridized carbons (Fsp3) is 0.875. The first-order valence-electron chi connectivity index (χ1n) is 7.86. The van der Waals surface area contributed by atoms with Crippen molar-refractivity contribution in [1.29, 1.82) is 0 Å². The summed E-state index contributed by atoms with van der Waals surface area (Å²) in [6, 6.07) is -0.324. The van der Waals surface area contributed by atoms with E-state index in [1.165, 1.54) is 4.90 Å².